The van der Waals surface area contributed by atoms with E-state index in [0.29, 0.717) is 11.3 Å². The van der Waals surface area contributed by atoms with E-state index in [1.165, 1.54) is 31.5 Å². The van der Waals surface area contributed by atoms with E-state index in [0.717, 1.165) is 19.0 Å². The Hall–Kier alpha value is -0.470. The van der Waals surface area contributed by atoms with Gasteiger partial charge in [0.25, 0.3) is 0 Å². The molecule has 1 aliphatic heterocycles. The third kappa shape index (κ3) is 6.80. The number of hydrogen-bond donors (Lipinski definition) is 2. The third-order valence-corrected chi connectivity index (χ3v) is 5.38. The van der Waals surface area contributed by atoms with Crippen LogP contribution in [0.15, 0.2) is 35.3 Å². The number of guanidine groups is 1. The van der Waals surface area contributed by atoms with Crippen molar-refractivity contribution >= 4 is 41.7 Å². The largest absolute Gasteiger partial charge is 0.355 e. The summed E-state index contributed by atoms with van der Waals surface area (Å²) in [7, 11) is 1.84. The van der Waals surface area contributed by atoms with E-state index in [-0.39, 0.29) is 24.0 Å². The SMILES string of the molecule is CN=C(NCC(C)SC)NCC(c1ccccc1)N1CCCC1.I. The molecule has 1 saturated heterocycles. The van der Waals surface area contributed by atoms with E-state index in [1.54, 1.807) is 0 Å². The fourth-order valence-electron chi connectivity index (χ4n) is 2.92. The number of halogens is 1. The summed E-state index contributed by atoms with van der Waals surface area (Å²) in [6.07, 6.45) is 4.75. The van der Waals surface area contributed by atoms with Crippen LogP contribution in [0.1, 0.15) is 31.4 Å². The van der Waals surface area contributed by atoms with Crippen molar-refractivity contribution in [3.63, 3.8) is 0 Å². The molecule has 2 N–H and O–H groups in total. The maximum absolute atomic E-state index is 4.35. The van der Waals surface area contributed by atoms with Gasteiger partial charge in [-0.25, -0.2) is 0 Å². The van der Waals surface area contributed by atoms with Crippen molar-refractivity contribution < 1.29 is 0 Å². The van der Waals surface area contributed by atoms with Gasteiger partial charge in [0.05, 0.1) is 6.04 Å². The van der Waals surface area contributed by atoms with Crippen LogP contribution >= 0.6 is 35.7 Å². The number of aliphatic imine (C=N–C) groups is 1. The molecule has 1 heterocycles. The summed E-state index contributed by atoms with van der Waals surface area (Å²) in [5, 5.41) is 7.51. The van der Waals surface area contributed by atoms with Crippen LogP contribution in [-0.4, -0.2) is 55.6 Å². The highest BCUT2D eigenvalue weighted by Crippen LogP contribution is 2.24. The number of thioether (sulfide) groups is 1. The van der Waals surface area contributed by atoms with Crippen molar-refractivity contribution in [2.75, 3.05) is 39.5 Å². The zero-order valence-corrected chi connectivity index (χ0v) is 18.1. The van der Waals surface area contributed by atoms with Crippen LogP contribution in [-0.2, 0) is 0 Å². The molecule has 0 bridgehead atoms. The lowest BCUT2D eigenvalue weighted by atomic mass is 10.1. The zero-order valence-electron chi connectivity index (χ0n) is 15.0. The lowest BCUT2D eigenvalue weighted by Gasteiger charge is -2.29. The first kappa shape index (κ1) is 21.6. The molecule has 2 atom stereocenters. The summed E-state index contributed by atoms with van der Waals surface area (Å²) < 4.78 is 0. The first-order valence-corrected chi connectivity index (χ1v) is 9.79. The Bertz CT molecular complexity index is 477. The normalized spacial score (nSPS) is 17.9. The van der Waals surface area contributed by atoms with Gasteiger partial charge < -0.3 is 10.6 Å². The van der Waals surface area contributed by atoms with Crippen LogP contribution in [0.3, 0.4) is 0 Å². The van der Waals surface area contributed by atoms with Crippen LogP contribution in [0.25, 0.3) is 0 Å². The van der Waals surface area contributed by atoms with E-state index in [9.17, 15) is 0 Å². The Kier molecular flexibility index (Phi) is 10.8. The van der Waals surface area contributed by atoms with Gasteiger partial charge >= 0.3 is 0 Å². The molecule has 2 rings (SSSR count). The van der Waals surface area contributed by atoms with Gasteiger partial charge in [0, 0.05) is 25.4 Å². The molecule has 1 fully saturated rings. The summed E-state index contributed by atoms with van der Waals surface area (Å²) in [5.74, 6) is 0.894. The minimum Gasteiger partial charge on any atom is -0.355 e. The molecule has 1 aromatic rings. The first-order chi connectivity index (χ1) is 11.2. The monoisotopic (exact) mass is 462 g/mol. The minimum absolute atomic E-state index is 0. The predicted octanol–water partition coefficient (Wildman–Crippen LogP) is 3.36. The van der Waals surface area contributed by atoms with Crippen LogP contribution in [0, 0.1) is 0 Å². The van der Waals surface area contributed by atoms with Gasteiger partial charge in [0.1, 0.15) is 0 Å². The quantitative estimate of drug-likeness (QED) is 0.371. The average molecular weight is 462 g/mol. The zero-order chi connectivity index (χ0) is 16.5. The van der Waals surface area contributed by atoms with Crippen LogP contribution < -0.4 is 10.6 Å². The van der Waals surface area contributed by atoms with Crippen molar-refractivity contribution in [2.45, 2.75) is 31.1 Å². The van der Waals surface area contributed by atoms with Crippen molar-refractivity contribution in [3.05, 3.63) is 35.9 Å². The van der Waals surface area contributed by atoms with Gasteiger partial charge in [-0.1, -0.05) is 37.3 Å². The summed E-state index contributed by atoms with van der Waals surface area (Å²) in [5.41, 5.74) is 1.38. The van der Waals surface area contributed by atoms with Gasteiger partial charge in [0.2, 0.25) is 0 Å². The average Bonchev–Trinajstić information content (AvgIpc) is 3.12. The Morgan fingerprint density at radius 2 is 1.79 bits per heavy atom. The van der Waals surface area contributed by atoms with Gasteiger partial charge in [-0.15, -0.1) is 24.0 Å². The van der Waals surface area contributed by atoms with E-state index in [2.05, 4.69) is 64.0 Å². The van der Waals surface area contributed by atoms with Crippen LogP contribution in [0.2, 0.25) is 0 Å². The van der Waals surface area contributed by atoms with E-state index in [1.807, 2.05) is 18.8 Å². The Morgan fingerprint density at radius 3 is 2.38 bits per heavy atom. The second kappa shape index (κ2) is 12.0. The van der Waals surface area contributed by atoms with E-state index >= 15 is 0 Å². The number of nitrogens with zero attached hydrogens (tertiary/aromatic N) is 2. The predicted molar refractivity (Wildman–Crippen MR) is 118 cm³/mol. The number of likely N-dealkylation sites (tertiary alicyclic amines) is 1. The molecule has 0 aliphatic carbocycles. The fourth-order valence-corrected chi connectivity index (χ4v) is 3.17. The highest BCUT2D eigenvalue weighted by Gasteiger charge is 2.23. The lowest BCUT2D eigenvalue weighted by molar-refractivity contribution is 0.245. The highest BCUT2D eigenvalue weighted by atomic mass is 127. The molecule has 0 saturated carbocycles. The smallest absolute Gasteiger partial charge is 0.191 e. The van der Waals surface area contributed by atoms with Gasteiger partial charge in [-0.05, 0) is 37.8 Å². The molecular formula is C18H31IN4S. The van der Waals surface area contributed by atoms with Crippen LogP contribution in [0.4, 0.5) is 0 Å². The van der Waals surface area contributed by atoms with E-state index < -0.39 is 0 Å². The van der Waals surface area contributed by atoms with Crippen molar-refractivity contribution in [2.24, 2.45) is 4.99 Å². The third-order valence-electron chi connectivity index (χ3n) is 4.41. The maximum atomic E-state index is 4.35. The maximum Gasteiger partial charge on any atom is 0.191 e. The molecule has 136 valence electrons. The summed E-state index contributed by atoms with van der Waals surface area (Å²) in [6, 6.07) is 11.2. The molecule has 4 nitrogen and oxygen atoms in total. The summed E-state index contributed by atoms with van der Waals surface area (Å²) >= 11 is 1.87. The molecule has 0 amide bonds. The molecule has 0 aromatic heterocycles. The fraction of sp³-hybridized carbons (Fsp3) is 0.611. The Labute approximate surface area is 168 Å². The molecule has 0 spiro atoms. The van der Waals surface area contributed by atoms with Crippen LogP contribution in [0.5, 0.6) is 0 Å². The van der Waals surface area contributed by atoms with Gasteiger partial charge in [-0.3, -0.25) is 9.89 Å². The Balaban J connectivity index is 0.00000288. The minimum atomic E-state index is 0. The topological polar surface area (TPSA) is 39.7 Å². The number of rotatable bonds is 7. The van der Waals surface area contributed by atoms with Crippen molar-refractivity contribution in [1.82, 2.24) is 15.5 Å². The summed E-state index contributed by atoms with van der Waals surface area (Å²) in [6.45, 7) is 6.42. The first-order valence-electron chi connectivity index (χ1n) is 8.51. The lowest BCUT2D eigenvalue weighted by Crippen LogP contribution is -2.44. The summed E-state index contributed by atoms with van der Waals surface area (Å²) in [4.78, 5) is 6.94. The Morgan fingerprint density at radius 1 is 1.17 bits per heavy atom. The number of benzene rings is 1. The second-order valence-electron chi connectivity index (χ2n) is 6.05. The second-order valence-corrected chi connectivity index (χ2v) is 7.33. The van der Waals surface area contributed by atoms with Crippen molar-refractivity contribution in [3.8, 4) is 0 Å². The molecule has 1 aromatic carbocycles. The molecule has 2 unspecified atom stereocenters. The van der Waals surface area contributed by atoms with Gasteiger partial charge in [-0.2, -0.15) is 11.8 Å². The van der Waals surface area contributed by atoms with Gasteiger partial charge in [0.15, 0.2) is 5.96 Å². The molecule has 0 radical (unpaired) electrons. The number of nitrogens with one attached hydrogen (secondary N) is 2. The molecule has 6 heteroatoms. The molecule has 24 heavy (non-hydrogen) atoms. The van der Waals surface area contributed by atoms with Crippen molar-refractivity contribution in [1.29, 1.82) is 0 Å². The molecule has 1 aliphatic rings. The molecular weight excluding hydrogens is 431 g/mol. The van der Waals surface area contributed by atoms with E-state index in [4.69, 9.17) is 0 Å². The standard InChI is InChI=1S/C18H30N4S.HI/c1-15(23-3)13-20-18(19-2)21-14-17(22-11-7-8-12-22)16-9-5-4-6-10-16;/h4-6,9-10,15,17H,7-8,11-14H2,1-3H3,(H2,19,20,21);1H. The number of hydrogen-bond acceptors (Lipinski definition) is 3. The highest BCUT2D eigenvalue weighted by molar-refractivity contribution is 14.0.